The second-order valence-electron chi connectivity index (χ2n) is 6.43. The zero-order chi connectivity index (χ0) is 14.9. The molecule has 0 amide bonds. The molecule has 1 unspecified atom stereocenters. The van der Waals surface area contributed by atoms with Crippen LogP contribution in [-0.2, 0) is 6.42 Å². The number of allylic oxidation sites excluding steroid dienone is 9. The molecule has 0 fully saturated rings. The summed E-state index contributed by atoms with van der Waals surface area (Å²) in [6, 6.07) is 0. The van der Waals surface area contributed by atoms with Crippen LogP contribution in [0.15, 0.2) is 42.5 Å². The van der Waals surface area contributed by atoms with Gasteiger partial charge in [-0.2, -0.15) is 0 Å². The molecule has 1 heterocycles. The molecule has 0 aromatic carbocycles. The number of hydrogen-bond acceptors (Lipinski definition) is 1. The Morgan fingerprint density at radius 3 is 2.64 bits per heavy atom. The summed E-state index contributed by atoms with van der Waals surface area (Å²) in [7, 11) is 0. The molecular formula is C20H22N2. The molecule has 2 heteroatoms. The van der Waals surface area contributed by atoms with Gasteiger partial charge in [0.05, 0.1) is 11.4 Å². The average Bonchev–Trinajstić information content (AvgIpc) is 2.95. The van der Waals surface area contributed by atoms with E-state index in [2.05, 4.69) is 60.1 Å². The minimum atomic E-state index is 0.587. The van der Waals surface area contributed by atoms with Crippen molar-refractivity contribution >= 4 is 17.3 Å². The van der Waals surface area contributed by atoms with Crippen molar-refractivity contribution in [2.75, 3.05) is 0 Å². The Morgan fingerprint density at radius 2 is 1.91 bits per heavy atom. The third-order valence-electron chi connectivity index (χ3n) is 4.67. The first-order valence-corrected chi connectivity index (χ1v) is 8.35. The summed E-state index contributed by atoms with van der Waals surface area (Å²) in [6.07, 6.45) is 23.4. The van der Waals surface area contributed by atoms with Crippen molar-refractivity contribution in [2.45, 2.75) is 39.0 Å². The number of hydrogen-bond donors (Lipinski definition) is 0. The van der Waals surface area contributed by atoms with E-state index in [1.54, 1.807) is 0 Å². The van der Waals surface area contributed by atoms with Crippen LogP contribution in [0.4, 0.5) is 0 Å². The fourth-order valence-electron chi connectivity index (χ4n) is 3.50. The van der Waals surface area contributed by atoms with Crippen molar-refractivity contribution in [3.05, 3.63) is 59.7 Å². The summed E-state index contributed by atoms with van der Waals surface area (Å²) in [5.41, 5.74) is 5.30. The zero-order valence-corrected chi connectivity index (χ0v) is 13.1. The highest BCUT2D eigenvalue weighted by Gasteiger charge is 2.23. The standard InChI is InChI=1S/C20H22N2/c1-15-12-13-19-18(14-15)21-20(16-8-4-2-5-9-16)22(19)17-10-6-3-7-11-17/h2-4,6,8,10,12-13,15H,5,7,9,11,14H2,1H3. The van der Waals surface area contributed by atoms with E-state index >= 15 is 0 Å². The van der Waals surface area contributed by atoms with Crippen LogP contribution >= 0.6 is 0 Å². The SMILES string of the molecule is CC1C=Cc2c(nc(C3=CC=CCC3)n2C2=CC=CCC2)C1. The van der Waals surface area contributed by atoms with E-state index in [0.717, 1.165) is 37.9 Å². The molecule has 3 aliphatic carbocycles. The summed E-state index contributed by atoms with van der Waals surface area (Å²) in [6.45, 7) is 2.27. The van der Waals surface area contributed by atoms with Crippen LogP contribution in [0.3, 0.4) is 0 Å². The first kappa shape index (κ1) is 13.6. The van der Waals surface area contributed by atoms with Gasteiger partial charge in [0.2, 0.25) is 0 Å². The maximum absolute atomic E-state index is 5.04. The maximum Gasteiger partial charge on any atom is 0.140 e. The van der Waals surface area contributed by atoms with Crippen molar-refractivity contribution in [1.82, 2.24) is 9.55 Å². The highest BCUT2D eigenvalue weighted by molar-refractivity contribution is 5.72. The lowest BCUT2D eigenvalue weighted by Crippen LogP contribution is -2.09. The van der Waals surface area contributed by atoms with Gasteiger partial charge in [-0.25, -0.2) is 4.98 Å². The van der Waals surface area contributed by atoms with Gasteiger partial charge in [-0.05, 0) is 55.7 Å². The molecule has 1 atom stereocenters. The molecule has 112 valence electrons. The monoisotopic (exact) mass is 290 g/mol. The van der Waals surface area contributed by atoms with E-state index in [0.29, 0.717) is 5.92 Å². The number of rotatable bonds is 2. The Bertz CT molecular complexity index is 738. The summed E-state index contributed by atoms with van der Waals surface area (Å²) in [5.74, 6) is 1.75. The number of aromatic nitrogens is 2. The first-order chi connectivity index (χ1) is 10.8. The van der Waals surface area contributed by atoms with Gasteiger partial charge < -0.3 is 0 Å². The molecule has 3 aliphatic rings. The molecule has 0 saturated heterocycles. The first-order valence-electron chi connectivity index (χ1n) is 8.35. The average molecular weight is 290 g/mol. The van der Waals surface area contributed by atoms with Gasteiger partial charge in [0.15, 0.2) is 0 Å². The summed E-state index contributed by atoms with van der Waals surface area (Å²) in [5, 5.41) is 0. The maximum atomic E-state index is 5.04. The molecule has 0 radical (unpaired) electrons. The molecule has 0 saturated carbocycles. The van der Waals surface area contributed by atoms with Crippen LogP contribution in [0, 0.1) is 5.92 Å². The minimum Gasteiger partial charge on any atom is -0.297 e. The van der Waals surface area contributed by atoms with Crippen LogP contribution in [0.2, 0.25) is 0 Å². The Balaban J connectivity index is 1.89. The second-order valence-corrected chi connectivity index (χ2v) is 6.43. The summed E-state index contributed by atoms with van der Waals surface area (Å²) >= 11 is 0. The molecule has 0 aliphatic heterocycles. The molecule has 22 heavy (non-hydrogen) atoms. The third kappa shape index (κ3) is 2.33. The highest BCUT2D eigenvalue weighted by Crippen LogP contribution is 2.34. The van der Waals surface area contributed by atoms with Gasteiger partial charge in [-0.3, -0.25) is 4.57 Å². The fraction of sp³-hybridized carbons (Fsp3) is 0.350. The quantitative estimate of drug-likeness (QED) is 0.748. The van der Waals surface area contributed by atoms with Gasteiger partial charge >= 0.3 is 0 Å². The van der Waals surface area contributed by atoms with E-state index in [-0.39, 0.29) is 0 Å². The Kier molecular flexibility index (Phi) is 3.45. The lowest BCUT2D eigenvalue weighted by molar-refractivity contribution is 0.701. The predicted octanol–water partition coefficient (Wildman–Crippen LogP) is 5.01. The predicted molar refractivity (Wildman–Crippen MR) is 93.1 cm³/mol. The van der Waals surface area contributed by atoms with Gasteiger partial charge in [0, 0.05) is 5.70 Å². The number of imidazole rings is 1. The van der Waals surface area contributed by atoms with Crippen LogP contribution in [0.25, 0.3) is 17.3 Å². The molecule has 0 bridgehead atoms. The number of fused-ring (bicyclic) bond motifs is 1. The van der Waals surface area contributed by atoms with Crippen LogP contribution in [0.5, 0.6) is 0 Å². The van der Waals surface area contributed by atoms with E-state index in [9.17, 15) is 0 Å². The molecule has 4 rings (SSSR count). The molecular weight excluding hydrogens is 268 g/mol. The van der Waals surface area contributed by atoms with Crippen molar-refractivity contribution in [3.8, 4) is 0 Å². The van der Waals surface area contributed by atoms with E-state index < -0.39 is 0 Å². The molecule has 0 spiro atoms. The van der Waals surface area contributed by atoms with E-state index in [4.69, 9.17) is 4.98 Å². The topological polar surface area (TPSA) is 17.8 Å². The highest BCUT2D eigenvalue weighted by atomic mass is 15.1. The van der Waals surface area contributed by atoms with Crippen LogP contribution < -0.4 is 0 Å². The van der Waals surface area contributed by atoms with Crippen LogP contribution in [0.1, 0.15) is 49.8 Å². The van der Waals surface area contributed by atoms with Gasteiger partial charge in [0.1, 0.15) is 5.82 Å². The van der Waals surface area contributed by atoms with Gasteiger partial charge in [-0.15, -0.1) is 0 Å². The Morgan fingerprint density at radius 1 is 1.09 bits per heavy atom. The Hall–Kier alpha value is -2.09. The lowest BCUT2D eigenvalue weighted by atomic mass is 9.98. The van der Waals surface area contributed by atoms with Gasteiger partial charge in [0.25, 0.3) is 0 Å². The van der Waals surface area contributed by atoms with Crippen molar-refractivity contribution in [2.24, 2.45) is 5.92 Å². The third-order valence-corrected chi connectivity index (χ3v) is 4.67. The number of nitrogens with zero attached hydrogens (tertiary/aromatic N) is 2. The van der Waals surface area contributed by atoms with E-state index in [1.165, 1.54) is 22.7 Å². The lowest BCUT2D eigenvalue weighted by Gasteiger charge is -2.19. The summed E-state index contributed by atoms with van der Waals surface area (Å²) in [4.78, 5) is 5.04. The zero-order valence-electron chi connectivity index (χ0n) is 13.1. The van der Waals surface area contributed by atoms with Gasteiger partial charge in [-0.1, -0.05) is 43.4 Å². The molecule has 1 aromatic heterocycles. The van der Waals surface area contributed by atoms with Crippen molar-refractivity contribution < 1.29 is 0 Å². The van der Waals surface area contributed by atoms with E-state index in [1.807, 2.05) is 0 Å². The smallest absolute Gasteiger partial charge is 0.140 e. The largest absolute Gasteiger partial charge is 0.297 e. The molecule has 1 aromatic rings. The minimum absolute atomic E-state index is 0.587. The Labute approximate surface area is 132 Å². The summed E-state index contributed by atoms with van der Waals surface area (Å²) < 4.78 is 2.41. The fourth-order valence-corrected chi connectivity index (χ4v) is 3.50. The second kappa shape index (κ2) is 5.60. The molecule has 0 N–H and O–H groups in total. The van der Waals surface area contributed by atoms with Crippen molar-refractivity contribution in [3.63, 3.8) is 0 Å². The van der Waals surface area contributed by atoms with Crippen LogP contribution in [-0.4, -0.2) is 9.55 Å². The van der Waals surface area contributed by atoms with Crippen molar-refractivity contribution in [1.29, 1.82) is 0 Å². The molecule has 2 nitrogen and oxygen atoms in total. The normalized spacial score (nSPS) is 23.2.